The van der Waals surface area contributed by atoms with Crippen molar-refractivity contribution >= 4 is 17.8 Å². The van der Waals surface area contributed by atoms with Crippen LogP contribution >= 0.6 is 0 Å². The van der Waals surface area contributed by atoms with Gasteiger partial charge in [-0.05, 0) is 135 Å². The van der Waals surface area contributed by atoms with Crippen LogP contribution in [0.25, 0.3) is 0 Å². The summed E-state index contributed by atoms with van der Waals surface area (Å²) < 4.78 is 10.3. The lowest BCUT2D eigenvalue weighted by atomic mass is 9.41. The summed E-state index contributed by atoms with van der Waals surface area (Å²) in [7, 11) is 0. The molecule has 9 heteroatoms. The lowest BCUT2D eigenvalue weighted by Crippen LogP contribution is -2.62. The number of hydrogen-bond donors (Lipinski definition) is 4. The molecule has 2 unspecified atom stereocenters. The molecule has 1 aromatic rings. The zero-order valence-electron chi connectivity index (χ0n) is 29.8. The Bertz CT molecular complexity index is 1290. The summed E-state index contributed by atoms with van der Waals surface area (Å²) in [5.41, 5.74) is 7.05. The molecule has 1 aromatic carbocycles. The first-order valence-electron chi connectivity index (χ1n) is 18.7. The molecule has 0 saturated heterocycles. The fourth-order valence-electron chi connectivity index (χ4n) is 11.2. The van der Waals surface area contributed by atoms with Crippen LogP contribution in [0.5, 0.6) is 5.75 Å². The van der Waals surface area contributed by atoms with Gasteiger partial charge in [-0.2, -0.15) is 0 Å². The van der Waals surface area contributed by atoms with Gasteiger partial charge in [-0.15, -0.1) is 0 Å². The van der Waals surface area contributed by atoms with E-state index < -0.39 is 18.0 Å². The van der Waals surface area contributed by atoms with E-state index in [0.29, 0.717) is 54.1 Å². The number of ether oxygens (including phenoxy) is 2. The average molecular weight is 669 g/mol. The van der Waals surface area contributed by atoms with Crippen LogP contribution in [0.2, 0.25) is 0 Å². The molecule has 0 aromatic heterocycles. The van der Waals surface area contributed by atoms with Gasteiger partial charge in [-0.1, -0.05) is 46.2 Å². The number of carbonyl (C=O) groups excluding carboxylic acids is 3. The van der Waals surface area contributed by atoms with Crippen molar-refractivity contribution in [3.63, 3.8) is 0 Å². The van der Waals surface area contributed by atoms with Crippen LogP contribution in [0.3, 0.4) is 0 Å². The Labute approximate surface area is 287 Å². The number of fused-ring (bicyclic) bond motifs is 5. The summed E-state index contributed by atoms with van der Waals surface area (Å²) in [5.74, 6) is 2.03. The van der Waals surface area contributed by atoms with E-state index in [2.05, 4.69) is 33.0 Å². The number of benzene rings is 1. The molecule has 0 spiro atoms. The molecule has 9 nitrogen and oxygen atoms in total. The molecule has 48 heavy (non-hydrogen) atoms. The predicted molar refractivity (Wildman–Crippen MR) is 184 cm³/mol. The van der Waals surface area contributed by atoms with Gasteiger partial charge in [0.25, 0.3) is 0 Å². The summed E-state index contributed by atoms with van der Waals surface area (Å²) in [6.07, 6.45) is 9.22. The van der Waals surface area contributed by atoms with Crippen LogP contribution in [0.1, 0.15) is 104 Å². The van der Waals surface area contributed by atoms with E-state index in [1.807, 2.05) is 0 Å². The quantitative estimate of drug-likeness (QED) is 0.176. The standard InChI is InChI=1S/C39H60N2O7/c1-6-27-31-21-25(42)16-18-39(31,5)30-17-19-38(4)28(13-14-29(38)35(30)36(27)45)23(3)8-15-33(43)41-22-34(44)48-26-11-9-24(10-12-26)20-32(40)37(46)47-7-2/h9-12,23,25,27-32,35-36,42,45H,6-8,13-22,40H2,1-5H3,(H,41,43)/t23-,25-,27-,28-,29+,30?,31?,32+,35+,36-,38-,39-/m1/s1. The van der Waals surface area contributed by atoms with Gasteiger partial charge in [0.2, 0.25) is 5.91 Å². The first kappa shape index (κ1) is 36.8. The maximum atomic E-state index is 12.8. The van der Waals surface area contributed by atoms with E-state index in [1.54, 1.807) is 31.2 Å². The van der Waals surface area contributed by atoms with Crippen molar-refractivity contribution in [3.05, 3.63) is 29.8 Å². The molecule has 0 radical (unpaired) electrons. The van der Waals surface area contributed by atoms with Gasteiger partial charge in [0.05, 0.1) is 18.8 Å². The van der Waals surface area contributed by atoms with Crippen molar-refractivity contribution in [1.82, 2.24) is 5.32 Å². The van der Waals surface area contributed by atoms with Crippen molar-refractivity contribution in [1.29, 1.82) is 0 Å². The first-order chi connectivity index (χ1) is 22.8. The Balaban J connectivity index is 1.10. The number of esters is 2. The molecule has 4 fully saturated rings. The zero-order chi connectivity index (χ0) is 34.8. The minimum atomic E-state index is -0.757. The molecule has 4 aliphatic rings. The number of rotatable bonds is 12. The zero-order valence-corrected chi connectivity index (χ0v) is 29.8. The van der Waals surface area contributed by atoms with Gasteiger partial charge >= 0.3 is 11.9 Å². The van der Waals surface area contributed by atoms with Gasteiger partial charge in [0.15, 0.2) is 0 Å². The fraction of sp³-hybridized carbons (Fsp3) is 0.769. The lowest BCUT2D eigenvalue weighted by molar-refractivity contribution is -0.203. The minimum Gasteiger partial charge on any atom is -0.465 e. The van der Waals surface area contributed by atoms with Crippen LogP contribution in [0, 0.1) is 52.3 Å². The Morgan fingerprint density at radius 2 is 1.67 bits per heavy atom. The van der Waals surface area contributed by atoms with Crippen LogP contribution in [-0.2, 0) is 25.5 Å². The van der Waals surface area contributed by atoms with E-state index in [4.69, 9.17) is 15.2 Å². The molecule has 5 N–H and O–H groups in total. The second kappa shape index (κ2) is 15.2. The van der Waals surface area contributed by atoms with Crippen molar-refractivity contribution in [2.24, 2.45) is 58.0 Å². The number of amides is 1. The topological polar surface area (TPSA) is 148 Å². The summed E-state index contributed by atoms with van der Waals surface area (Å²) >= 11 is 0. The molecule has 0 bridgehead atoms. The molecule has 4 aliphatic carbocycles. The van der Waals surface area contributed by atoms with E-state index in [9.17, 15) is 24.6 Å². The van der Waals surface area contributed by atoms with Gasteiger partial charge in [0.1, 0.15) is 18.3 Å². The van der Waals surface area contributed by atoms with Crippen molar-refractivity contribution in [2.45, 2.75) is 123 Å². The summed E-state index contributed by atoms with van der Waals surface area (Å²) in [5, 5.41) is 25.2. The van der Waals surface area contributed by atoms with Gasteiger partial charge < -0.3 is 30.7 Å². The molecule has 12 atom stereocenters. The van der Waals surface area contributed by atoms with Crippen LogP contribution in [0.15, 0.2) is 24.3 Å². The average Bonchev–Trinajstić information content (AvgIpc) is 3.41. The molecular weight excluding hydrogens is 608 g/mol. The first-order valence-corrected chi connectivity index (χ1v) is 18.7. The van der Waals surface area contributed by atoms with E-state index >= 15 is 0 Å². The van der Waals surface area contributed by atoms with Crippen LogP contribution < -0.4 is 15.8 Å². The summed E-state index contributed by atoms with van der Waals surface area (Å²) in [4.78, 5) is 37.0. The third kappa shape index (κ3) is 7.34. The number of carbonyl (C=O) groups is 3. The molecular formula is C39H60N2O7. The Morgan fingerprint density at radius 3 is 2.35 bits per heavy atom. The number of aliphatic hydroxyl groups excluding tert-OH is 2. The van der Waals surface area contributed by atoms with E-state index in [-0.39, 0.29) is 48.0 Å². The van der Waals surface area contributed by atoms with Gasteiger partial charge in [0, 0.05) is 6.42 Å². The number of nitrogens with one attached hydrogen (secondary N) is 1. The second-order valence-electron chi connectivity index (χ2n) is 16.1. The van der Waals surface area contributed by atoms with Crippen molar-refractivity contribution in [2.75, 3.05) is 13.2 Å². The minimum absolute atomic E-state index is 0.150. The highest BCUT2D eigenvalue weighted by Gasteiger charge is 2.64. The normalized spacial score (nSPS) is 36.9. The molecule has 4 saturated carbocycles. The Hall–Kier alpha value is -2.49. The SMILES string of the molecule is CCOC(=O)[C@@H](N)Cc1ccc(OC(=O)CNC(=O)CC[C@@H](C)[C@H]2CC[C@H]3[C@H]4C(CC[C@]23C)[C@@]2(C)CC[C@@H](O)CC2[C@@H](CC)[C@H]4O)cc1. The van der Waals surface area contributed by atoms with Crippen molar-refractivity contribution < 1.29 is 34.1 Å². The summed E-state index contributed by atoms with van der Waals surface area (Å²) in [6, 6.07) is 6.02. The molecule has 5 rings (SSSR count). The monoisotopic (exact) mass is 668 g/mol. The number of nitrogens with two attached hydrogens (primary N) is 1. The van der Waals surface area contributed by atoms with Crippen molar-refractivity contribution in [3.8, 4) is 5.75 Å². The molecule has 268 valence electrons. The Morgan fingerprint density at radius 1 is 0.979 bits per heavy atom. The highest BCUT2D eigenvalue weighted by atomic mass is 16.5. The molecule has 0 aliphatic heterocycles. The van der Waals surface area contributed by atoms with Crippen LogP contribution in [-0.4, -0.2) is 59.5 Å². The number of hydrogen-bond acceptors (Lipinski definition) is 8. The highest BCUT2D eigenvalue weighted by Crippen LogP contribution is 2.69. The maximum absolute atomic E-state index is 12.8. The summed E-state index contributed by atoms with van der Waals surface area (Å²) in [6.45, 7) is 11.2. The Kier molecular flexibility index (Phi) is 11.6. The number of aliphatic hydroxyl groups is 2. The maximum Gasteiger partial charge on any atom is 0.330 e. The smallest absolute Gasteiger partial charge is 0.330 e. The second-order valence-corrected chi connectivity index (χ2v) is 16.1. The molecule has 1 amide bonds. The third-order valence-electron chi connectivity index (χ3n) is 13.6. The largest absolute Gasteiger partial charge is 0.465 e. The highest BCUT2D eigenvalue weighted by molar-refractivity contribution is 5.82. The predicted octanol–water partition coefficient (Wildman–Crippen LogP) is 5.18. The fourth-order valence-corrected chi connectivity index (χ4v) is 11.2. The third-order valence-corrected chi connectivity index (χ3v) is 13.6. The van der Waals surface area contributed by atoms with Gasteiger partial charge in [-0.25, -0.2) is 4.79 Å². The van der Waals surface area contributed by atoms with E-state index in [1.165, 1.54) is 6.42 Å². The molecule has 0 heterocycles. The van der Waals surface area contributed by atoms with Crippen LogP contribution in [0.4, 0.5) is 0 Å². The van der Waals surface area contributed by atoms with Gasteiger partial charge in [-0.3, -0.25) is 9.59 Å². The lowest BCUT2D eigenvalue weighted by Gasteiger charge is -2.64. The van der Waals surface area contributed by atoms with E-state index in [0.717, 1.165) is 56.9 Å².